The van der Waals surface area contributed by atoms with Gasteiger partial charge in [0.15, 0.2) is 6.10 Å². The summed E-state index contributed by atoms with van der Waals surface area (Å²) >= 11 is 0. The molecule has 12 heteroatoms. The van der Waals surface area contributed by atoms with Crippen molar-refractivity contribution in [2.45, 2.75) is 290 Å². The fourth-order valence-electron chi connectivity index (χ4n) is 7.99. The third-order valence-electron chi connectivity index (χ3n) is 12.3. The maximum Gasteiger partial charge on any atom is 0.472 e. The molecular formula is C56H105O11P. The number of ether oxygens (including phenoxy) is 3. The van der Waals surface area contributed by atoms with E-state index in [0.717, 1.165) is 77.0 Å². The van der Waals surface area contributed by atoms with Gasteiger partial charge < -0.3 is 24.2 Å². The van der Waals surface area contributed by atoms with Gasteiger partial charge in [0.05, 0.1) is 19.8 Å². The number of phosphoric ester groups is 1. The number of carbonyl (C=O) groups is 3. The predicted octanol–water partition coefficient (Wildman–Crippen LogP) is 16.3. The first-order valence-corrected chi connectivity index (χ1v) is 29.7. The molecule has 68 heavy (non-hydrogen) atoms. The maximum absolute atomic E-state index is 12.8. The van der Waals surface area contributed by atoms with Crippen LogP contribution in [0.25, 0.3) is 0 Å². The Morgan fingerprint density at radius 1 is 0.397 bits per heavy atom. The molecule has 11 nitrogen and oxygen atoms in total. The first-order valence-electron chi connectivity index (χ1n) is 28.2. The van der Waals surface area contributed by atoms with Crippen LogP contribution >= 0.6 is 7.82 Å². The third kappa shape index (κ3) is 49.0. The molecule has 0 saturated heterocycles. The molecule has 3 unspecified atom stereocenters. The topological polar surface area (TPSA) is 155 Å². The number of allylic oxidation sites excluding steroid dienone is 4. The zero-order valence-electron chi connectivity index (χ0n) is 44.1. The first kappa shape index (κ1) is 66.0. The van der Waals surface area contributed by atoms with Gasteiger partial charge in [0.2, 0.25) is 0 Å². The Morgan fingerprint density at radius 2 is 0.676 bits per heavy atom. The van der Waals surface area contributed by atoms with E-state index in [0.29, 0.717) is 19.3 Å². The first-order chi connectivity index (χ1) is 33.2. The van der Waals surface area contributed by atoms with Crippen molar-refractivity contribution in [2.24, 2.45) is 0 Å². The number of rotatable bonds is 53. The maximum atomic E-state index is 12.8. The van der Waals surface area contributed by atoms with Crippen molar-refractivity contribution in [1.29, 1.82) is 0 Å². The number of phosphoric acid groups is 1. The number of esters is 3. The highest BCUT2D eigenvalue weighted by atomic mass is 31.2. The molecule has 0 radical (unpaired) electrons. The number of hydrogen-bond donors (Lipinski definition) is 2. The van der Waals surface area contributed by atoms with Crippen LogP contribution in [-0.2, 0) is 42.2 Å². The Hall–Kier alpha value is -2.04. The molecule has 2 N–H and O–H groups in total. The van der Waals surface area contributed by atoms with Crippen molar-refractivity contribution < 1.29 is 52.2 Å². The standard InChI is InChI=1S/C56H105O11P/c1-4-7-10-13-16-19-21-23-24-25-26-27-28-30-31-34-36-39-42-45-54(58)63-49-53(67-56(60)47-44-41-38-35-32-29-22-20-17-14-11-8-5-2)51-65-68(61,62)64-50-52(48-57)66-55(59)46-43-40-37-33-18-15-12-9-6-3/h20,22-24,52-53,57H,4-19,21,25-51H2,1-3H3,(H,61,62)/b22-20-,24-23-. The highest BCUT2D eigenvalue weighted by molar-refractivity contribution is 7.47. The summed E-state index contributed by atoms with van der Waals surface area (Å²) in [4.78, 5) is 48.3. The average molecular weight is 985 g/mol. The van der Waals surface area contributed by atoms with Gasteiger partial charge in [0.1, 0.15) is 12.7 Å². The van der Waals surface area contributed by atoms with E-state index in [1.165, 1.54) is 141 Å². The van der Waals surface area contributed by atoms with Crippen LogP contribution in [-0.4, -0.2) is 66.5 Å². The molecule has 0 bridgehead atoms. The molecule has 0 aromatic carbocycles. The molecule has 0 amide bonds. The molecule has 0 aliphatic rings. The molecular weight excluding hydrogens is 880 g/mol. The molecule has 0 aromatic heterocycles. The van der Waals surface area contributed by atoms with Gasteiger partial charge in [-0.1, -0.05) is 212 Å². The van der Waals surface area contributed by atoms with Crippen LogP contribution in [0.15, 0.2) is 24.3 Å². The summed E-state index contributed by atoms with van der Waals surface area (Å²) < 4.78 is 39.4. The SMILES string of the molecule is CCCCCC/C=C\CCCCCCCC(=O)OC(COC(=O)CCCCCCCCCCC/C=C\CCCCCCCC)COP(=O)(O)OCC(CO)OC(=O)CCCCCCCCCCC. The number of hydrogen-bond acceptors (Lipinski definition) is 10. The molecule has 0 spiro atoms. The summed E-state index contributed by atoms with van der Waals surface area (Å²) in [6, 6.07) is 0. The molecule has 0 rings (SSSR count). The molecule has 0 heterocycles. The van der Waals surface area contributed by atoms with E-state index in [9.17, 15) is 28.9 Å². The summed E-state index contributed by atoms with van der Waals surface area (Å²) in [5, 5.41) is 9.76. The summed E-state index contributed by atoms with van der Waals surface area (Å²) in [6.07, 6.45) is 50.1. The fraction of sp³-hybridized carbons (Fsp3) is 0.875. The van der Waals surface area contributed by atoms with E-state index >= 15 is 0 Å². The lowest BCUT2D eigenvalue weighted by Crippen LogP contribution is -2.30. The van der Waals surface area contributed by atoms with E-state index in [2.05, 4.69) is 45.1 Å². The van der Waals surface area contributed by atoms with Gasteiger partial charge in [-0.2, -0.15) is 0 Å². The monoisotopic (exact) mass is 985 g/mol. The highest BCUT2D eigenvalue weighted by Gasteiger charge is 2.28. The minimum absolute atomic E-state index is 0.161. The van der Waals surface area contributed by atoms with Gasteiger partial charge in [-0.15, -0.1) is 0 Å². The number of aliphatic hydroxyl groups excluding tert-OH is 1. The Kier molecular flexibility index (Phi) is 49.8. The van der Waals surface area contributed by atoms with E-state index in [-0.39, 0.29) is 25.9 Å². The summed E-state index contributed by atoms with van der Waals surface area (Å²) in [5.41, 5.74) is 0. The quantitative estimate of drug-likeness (QED) is 0.0197. The second kappa shape index (κ2) is 51.3. The van der Waals surface area contributed by atoms with E-state index < -0.39 is 57.8 Å². The molecule has 3 atom stereocenters. The Labute approximate surface area is 417 Å². The number of aliphatic hydroxyl groups is 1. The Bertz CT molecular complexity index is 1240. The number of unbranched alkanes of at least 4 members (excludes halogenated alkanes) is 32. The van der Waals surface area contributed by atoms with Crippen LogP contribution in [0, 0.1) is 0 Å². The highest BCUT2D eigenvalue weighted by Crippen LogP contribution is 2.43. The lowest BCUT2D eigenvalue weighted by Gasteiger charge is -2.21. The van der Waals surface area contributed by atoms with Gasteiger partial charge in [0, 0.05) is 19.3 Å². The Balaban J connectivity index is 4.66. The van der Waals surface area contributed by atoms with Crippen molar-refractivity contribution in [3.05, 3.63) is 24.3 Å². The van der Waals surface area contributed by atoms with Crippen LogP contribution in [0.1, 0.15) is 278 Å². The van der Waals surface area contributed by atoms with Gasteiger partial charge in [0.25, 0.3) is 0 Å². The van der Waals surface area contributed by atoms with E-state index in [4.69, 9.17) is 23.3 Å². The smallest absolute Gasteiger partial charge is 0.462 e. The second-order valence-electron chi connectivity index (χ2n) is 19.1. The van der Waals surface area contributed by atoms with E-state index in [1.54, 1.807) is 0 Å². The van der Waals surface area contributed by atoms with E-state index in [1.807, 2.05) is 0 Å². The van der Waals surface area contributed by atoms with Gasteiger partial charge >= 0.3 is 25.7 Å². The summed E-state index contributed by atoms with van der Waals surface area (Å²) in [6.45, 7) is 4.62. The zero-order chi connectivity index (χ0) is 49.9. The molecule has 0 fully saturated rings. The fourth-order valence-corrected chi connectivity index (χ4v) is 8.78. The average Bonchev–Trinajstić information content (AvgIpc) is 3.32. The molecule has 0 saturated carbocycles. The van der Waals surface area contributed by atoms with Crippen LogP contribution in [0.4, 0.5) is 0 Å². The van der Waals surface area contributed by atoms with Crippen LogP contribution < -0.4 is 0 Å². The molecule has 0 aliphatic heterocycles. The Morgan fingerprint density at radius 3 is 1.03 bits per heavy atom. The summed E-state index contributed by atoms with van der Waals surface area (Å²) in [7, 11) is -4.73. The molecule has 400 valence electrons. The van der Waals surface area contributed by atoms with Crippen molar-refractivity contribution in [2.75, 3.05) is 26.4 Å². The van der Waals surface area contributed by atoms with Gasteiger partial charge in [-0.25, -0.2) is 4.57 Å². The van der Waals surface area contributed by atoms with Crippen molar-refractivity contribution >= 4 is 25.7 Å². The lowest BCUT2D eigenvalue weighted by atomic mass is 10.1. The van der Waals surface area contributed by atoms with Crippen molar-refractivity contribution in [1.82, 2.24) is 0 Å². The third-order valence-corrected chi connectivity index (χ3v) is 13.3. The minimum Gasteiger partial charge on any atom is -0.462 e. The van der Waals surface area contributed by atoms with Crippen molar-refractivity contribution in [3.8, 4) is 0 Å². The van der Waals surface area contributed by atoms with Crippen molar-refractivity contribution in [3.63, 3.8) is 0 Å². The van der Waals surface area contributed by atoms with Crippen LogP contribution in [0.2, 0.25) is 0 Å². The van der Waals surface area contributed by atoms with Crippen LogP contribution in [0.5, 0.6) is 0 Å². The number of carbonyl (C=O) groups excluding carboxylic acids is 3. The van der Waals surface area contributed by atoms with Gasteiger partial charge in [-0.3, -0.25) is 23.4 Å². The molecule has 0 aromatic rings. The lowest BCUT2D eigenvalue weighted by molar-refractivity contribution is -0.161. The second-order valence-corrected chi connectivity index (χ2v) is 20.6. The predicted molar refractivity (Wildman–Crippen MR) is 280 cm³/mol. The largest absolute Gasteiger partial charge is 0.472 e. The zero-order valence-corrected chi connectivity index (χ0v) is 45.0. The van der Waals surface area contributed by atoms with Crippen LogP contribution in [0.3, 0.4) is 0 Å². The molecule has 0 aliphatic carbocycles. The normalized spacial score (nSPS) is 13.5. The summed E-state index contributed by atoms with van der Waals surface area (Å²) in [5.74, 6) is -1.46. The van der Waals surface area contributed by atoms with Gasteiger partial charge in [-0.05, 0) is 70.6 Å². The minimum atomic E-state index is -4.73.